The average molecular weight is 376 g/mol. The SMILES string of the molecule is CCCCCOc1ccc(/C=C/C(=O)NCC(CC)CCCC)cc1OC. The molecule has 4 nitrogen and oxygen atoms in total. The van der Waals surface area contributed by atoms with Crippen LogP contribution in [0.4, 0.5) is 0 Å². The average Bonchev–Trinajstić information content (AvgIpc) is 2.70. The second-order valence-electron chi connectivity index (χ2n) is 6.96. The molecule has 0 bridgehead atoms. The fourth-order valence-corrected chi connectivity index (χ4v) is 2.86. The summed E-state index contributed by atoms with van der Waals surface area (Å²) in [5, 5.41) is 3.01. The van der Waals surface area contributed by atoms with E-state index in [9.17, 15) is 4.79 Å². The van der Waals surface area contributed by atoms with E-state index in [1.54, 1.807) is 13.2 Å². The molecule has 1 atom stereocenters. The van der Waals surface area contributed by atoms with E-state index >= 15 is 0 Å². The lowest BCUT2D eigenvalue weighted by Gasteiger charge is -2.14. The van der Waals surface area contributed by atoms with Crippen LogP contribution >= 0.6 is 0 Å². The van der Waals surface area contributed by atoms with Gasteiger partial charge in [0.05, 0.1) is 13.7 Å². The van der Waals surface area contributed by atoms with E-state index in [1.165, 1.54) is 25.7 Å². The molecular weight excluding hydrogens is 338 g/mol. The summed E-state index contributed by atoms with van der Waals surface area (Å²) >= 11 is 0. The summed E-state index contributed by atoms with van der Waals surface area (Å²) in [6.07, 6.45) is 11.5. The van der Waals surface area contributed by atoms with E-state index in [-0.39, 0.29) is 5.91 Å². The molecule has 0 aliphatic heterocycles. The van der Waals surface area contributed by atoms with Gasteiger partial charge in [-0.2, -0.15) is 0 Å². The molecule has 1 N–H and O–H groups in total. The summed E-state index contributed by atoms with van der Waals surface area (Å²) in [7, 11) is 1.63. The molecule has 1 aromatic carbocycles. The molecule has 0 saturated heterocycles. The zero-order chi connectivity index (χ0) is 19.9. The Morgan fingerprint density at radius 3 is 2.56 bits per heavy atom. The Labute approximate surface area is 165 Å². The van der Waals surface area contributed by atoms with Crippen molar-refractivity contribution >= 4 is 12.0 Å². The molecule has 4 heteroatoms. The van der Waals surface area contributed by atoms with Gasteiger partial charge in [0.25, 0.3) is 0 Å². The largest absolute Gasteiger partial charge is 0.493 e. The maximum absolute atomic E-state index is 12.1. The monoisotopic (exact) mass is 375 g/mol. The molecule has 0 saturated carbocycles. The Bertz CT molecular complexity index is 569. The molecule has 0 aromatic heterocycles. The van der Waals surface area contributed by atoms with Crippen molar-refractivity contribution in [1.82, 2.24) is 5.32 Å². The maximum atomic E-state index is 12.1. The predicted molar refractivity (Wildman–Crippen MR) is 113 cm³/mol. The van der Waals surface area contributed by atoms with Crippen molar-refractivity contribution in [3.63, 3.8) is 0 Å². The maximum Gasteiger partial charge on any atom is 0.244 e. The van der Waals surface area contributed by atoms with Crippen LogP contribution in [0.1, 0.15) is 71.3 Å². The first kappa shape index (κ1) is 23.1. The number of ether oxygens (including phenoxy) is 2. The zero-order valence-corrected chi connectivity index (χ0v) is 17.6. The summed E-state index contributed by atoms with van der Waals surface area (Å²) in [6.45, 7) is 7.99. The normalized spacial score (nSPS) is 12.1. The van der Waals surface area contributed by atoms with E-state index < -0.39 is 0 Å². The lowest BCUT2D eigenvalue weighted by Crippen LogP contribution is -2.27. The van der Waals surface area contributed by atoms with Crippen LogP contribution in [0.2, 0.25) is 0 Å². The van der Waals surface area contributed by atoms with Crippen LogP contribution in [0, 0.1) is 5.92 Å². The quantitative estimate of drug-likeness (QED) is 0.339. The molecule has 1 rings (SSSR count). The highest BCUT2D eigenvalue weighted by atomic mass is 16.5. The van der Waals surface area contributed by atoms with Gasteiger partial charge in [-0.05, 0) is 42.5 Å². The minimum atomic E-state index is -0.0520. The van der Waals surface area contributed by atoms with Gasteiger partial charge in [-0.3, -0.25) is 4.79 Å². The third-order valence-corrected chi connectivity index (χ3v) is 4.73. The summed E-state index contributed by atoms with van der Waals surface area (Å²) in [5.74, 6) is 1.95. The van der Waals surface area contributed by atoms with Crippen LogP contribution in [0.15, 0.2) is 24.3 Å². The second-order valence-corrected chi connectivity index (χ2v) is 6.96. The van der Waals surface area contributed by atoms with Crippen LogP contribution < -0.4 is 14.8 Å². The third-order valence-electron chi connectivity index (χ3n) is 4.73. The fourth-order valence-electron chi connectivity index (χ4n) is 2.86. The van der Waals surface area contributed by atoms with Crippen molar-refractivity contribution < 1.29 is 14.3 Å². The number of unbranched alkanes of at least 4 members (excludes halogenated alkanes) is 3. The molecule has 0 fully saturated rings. The fraction of sp³-hybridized carbons (Fsp3) is 0.609. The molecule has 1 unspecified atom stereocenters. The van der Waals surface area contributed by atoms with Crippen molar-refractivity contribution in [3.05, 3.63) is 29.8 Å². The summed E-state index contributed by atoms with van der Waals surface area (Å²) < 4.78 is 11.2. The van der Waals surface area contributed by atoms with E-state index in [0.29, 0.717) is 18.3 Å². The van der Waals surface area contributed by atoms with Crippen molar-refractivity contribution in [2.75, 3.05) is 20.3 Å². The number of benzene rings is 1. The highest BCUT2D eigenvalue weighted by Crippen LogP contribution is 2.28. The van der Waals surface area contributed by atoms with Gasteiger partial charge in [-0.1, -0.05) is 58.9 Å². The number of hydrogen-bond donors (Lipinski definition) is 1. The number of carbonyl (C=O) groups is 1. The number of nitrogens with one attached hydrogen (secondary N) is 1. The summed E-state index contributed by atoms with van der Waals surface area (Å²) in [5.41, 5.74) is 0.918. The molecule has 0 heterocycles. The van der Waals surface area contributed by atoms with Crippen LogP contribution in [-0.4, -0.2) is 26.2 Å². The van der Waals surface area contributed by atoms with E-state index in [2.05, 4.69) is 26.1 Å². The molecule has 152 valence electrons. The Balaban J connectivity index is 2.55. The van der Waals surface area contributed by atoms with Crippen LogP contribution in [0.5, 0.6) is 11.5 Å². The lowest BCUT2D eigenvalue weighted by molar-refractivity contribution is -0.116. The van der Waals surface area contributed by atoms with Gasteiger partial charge in [-0.15, -0.1) is 0 Å². The topological polar surface area (TPSA) is 47.6 Å². The van der Waals surface area contributed by atoms with Crippen LogP contribution in [-0.2, 0) is 4.79 Å². The second kappa shape index (κ2) is 14.1. The van der Waals surface area contributed by atoms with Crippen molar-refractivity contribution in [2.24, 2.45) is 5.92 Å². The highest BCUT2D eigenvalue weighted by molar-refractivity contribution is 5.91. The number of amides is 1. The first-order valence-corrected chi connectivity index (χ1v) is 10.4. The van der Waals surface area contributed by atoms with Gasteiger partial charge in [0.1, 0.15) is 0 Å². The Kier molecular flexibility index (Phi) is 12.1. The highest BCUT2D eigenvalue weighted by Gasteiger charge is 2.07. The van der Waals surface area contributed by atoms with Gasteiger partial charge in [0.2, 0.25) is 5.91 Å². The number of carbonyl (C=O) groups excluding carboxylic acids is 1. The molecule has 27 heavy (non-hydrogen) atoms. The summed E-state index contributed by atoms with van der Waals surface area (Å²) in [4.78, 5) is 12.1. The minimum Gasteiger partial charge on any atom is -0.493 e. The van der Waals surface area contributed by atoms with Crippen molar-refractivity contribution in [1.29, 1.82) is 0 Å². The Morgan fingerprint density at radius 2 is 1.89 bits per heavy atom. The van der Waals surface area contributed by atoms with Gasteiger partial charge < -0.3 is 14.8 Å². The molecule has 0 radical (unpaired) electrons. The lowest BCUT2D eigenvalue weighted by atomic mass is 9.99. The standard InChI is InChI=1S/C23H37NO3/c1-5-8-10-16-27-21-14-12-20(17-22(21)26-4)13-15-23(25)24-18-19(7-3)11-9-6-2/h12-15,17,19H,5-11,16,18H2,1-4H3,(H,24,25)/b15-13+. The predicted octanol–water partition coefficient (Wildman–Crippen LogP) is 5.61. The number of rotatable bonds is 14. The molecule has 0 aliphatic carbocycles. The van der Waals surface area contributed by atoms with Crippen molar-refractivity contribution in [3.8, 4) is 11.5 Å². The molecule has 1 amide bonds. The van der Waals surface area contributed by atoms with E-state index in [4.69, 9.17) is 9.47 Å². The number of hydrogen-bond acceptors (Lipinski definition) is 3. The Morgan fingerprint density at radius 1 is 1.11 bits per heavy atom. The molecular formula is C23H37NO3. The molecule has 1 aromatic rings. The number of methoxy groups -OCH3 is 1. The van der Waals surface area contributed by atoms with Gasteiger partial charge in [0, 0.05) is 12.6 Å². The van der Waals surface area contributed by atoms with Crippen LogP contribution in [0.3, 0.4) is 0 Å². The zero-order valence-electron chi connectivity index (χ0n) is 17.6. The van der Waals surface area contributed by atoms with Crippen LogP contribution in [0.25, 0.3) is 6.08 Å². The first-order valence-electron chi connectivity index (χ1n) is 10.4. The van der Waals surface area contributed by atoms with Crippen molar-refractivity contribution in [2.45, 2.75) is 65.7 Å². The van der Waals surface area contributed by atoms with Gasteiger partial charge in [0.15, 0.2) is 11.5 Å². The van der Waals surface area contributed by atoms with Gasteiger partial charge in [-0.25, -0.2) is 0 Å². The smallest absolute Gasteiger partial charge is 0.244 e. The van der Waals surface area contributed by atoms with Gasteiger partial charge >= 0.3 is 0 Å². The molecule has 0 spiro atoms. The van der Waals surface area contributed by atoms with E-state index in [1.807, 2.05) is 24.3 Å². The minimum absolute atomic E-state index is 0.0520. The van der Waals surface area contributed by atoms with E-state index in [0.717, 1.165) is 37.1 Å². The summed E-state index contributed by atoms with van der Waals surface area (Å²) in [6, 6.07) is 5.74. The molecule has 0 aliphatic rings. The Hall–Kier alpha value is -1.97. The third kappa shape index (κ3) is 9.50. The first-order chi connectivity index (χ1) is 13.1.